The Labute approximate surface area is 207 Å². The van der Waals surface area contributed by atoms with Crippen molar-refractivity contribution >= 4 is 17.0 Å². The molecule has 2 heterocycles. The summed E-state index contributed by atoms with van der Waals surface area (Å²) < 4.78 is 53.0. The van der Waals surface area contributed by atoms with Gasteiger partial charge in [0.15, 0.2) is 0 Å². The van der Waals surface area contributed by atoms with Crippen LogP contribution >= 0.6 is 0 Å². The SMILES string of the molecule is COc1ccc2ncc(F)c(C(O)C[C@@H]3CC[C@@H](NCC=Cc4cc(F)ccc4F)[C@@H](CO)O3)c2c1. The molecule has 3 aromatic rings. The average molecular weight is 503 g/mol. The normalized spacial score (nSPS) is 21.2. The summed E-state index contributed by atoms with van der Waals surface area (Å²) >= 11 is 0. The number of halogens is 3. The molecule has 4 atom stereocenters. The number of pyridine rings is 1. The third kappa shape index (κ3) is 6.04. The first kappa shape index (κ1) is 26.1. The van der Waals surface area contributed by atoms with Crippen molar-refractivity contribution in [1.29, 1.82) is 0 Å². The van der Waals surface area contributed by atoms with E-state index in [-0.39, 0.29) is 36.3 Å². The molecule has 0 radical (unpaired) electrons. The van der Waals surface area contributed by atoms with Gasteiger partial charge in [-0.3, -0.25) is 4.98 Å². The molecule has 1 saturated heterocycles. The fourth-order valence-electron chi connectivity index (χ4n) is 4.59. The summed E-state index contributed by atoms with van der Waals surface area (Å²) in [5.41, 5.74) is 0.829. The van der Waals surface area contributed by atoms with Gasteiger partial charge in [0.05, 0.1) is 43.7 Å². The van der Waals surface area contributed by atoms with E-state index in [4.69, 9.17) is 9.47 Å². The van der Waals surface area contributed by atoms with E-state index in [9.17, 15) is 23.4 Å². The smallest absolute Gasteiger partial charge is 0.147 e. The zero-order valence-electron chi connectivity index (χ0n) is 19.8. The zero-order valence-corrected chi connectivity index (χ0v) is 19.8. The van der Waals surface area contributed by atoms with Gasteiger partial charge in [-0.25, -0.2) is 13.2 Å². The van der Waals surface area contributed by atoms with Gasteiger partial charge in [-0.15, -0.1) is 0 Å². The molecule has 36 heavy (non-hydrogen) atoms. The molecule has 0 spiro atoms. The van der Waals surface area contributed by atoms with Gasteiger partial charge in [0.1, 0.15) is 23.2 Å². The van der Waals surface area contributed by atoms with E-state index in [0.29, 0.717) is 36.0 Å². The molecule has 1 aromatic heterocycles. The Balaban J connectivity index is 1.37. The number of nitrogens with one attached hydrogen (secondary N) is 1. The third-order valence-electron chi connectivity index (χ3n) is 6.44. The highest BCUT2D eigenvalue weighted by atomic mass is 19.1. The van der Waals surface area contributed by atoms with E-state index in [2.05, 4.69) is 10.3 Å². The van der Waals surface area contributed by atoms with E-state index in [0.717, 1.165) is 24.4 Å². The first-order chi connectivity index (χ1) is 17.4. The average Bonchev–Trinajstić information content (AvgIpc) is 2.88. The molecule has 0 aliphatic carbocycles. The second-order valence-corrected chi connectivity index (χ2v) is 8.79. The van der Waals surface area contributed by atoms with Crippen molar-refractivity contribution in [3.8, 4) is 5.75 Å². The van der Waals surface area contributed by atoms with Crippen LogP contribution in [0.3, 0.4) is 0 Å². The molecule has 0 bridgehead atoms. The number of methoxy groups -OCH3 is 1. The minimum Gasteiger partial charge on any atom is -0.497 e. The number of aliphatic hydroxyl groups is 2. The number of nitrogens with zero attached hydrogens (tertiary/aromatic N) is 1. The van der Waals surface area contributed by atoms with Gasteiger partial charge >= 0.3 is 0 Å². The van der Waals surface area contributed by atoms with Gasteiger partial charge in [-0.2, -0.15) is 0 Å². The van der Waals surface area contributed by atoms with E-state index >= 15 is 0 Å². The first-order valence-electron chi connectivity index (χ1n) is 11.8. The quantitative estimate of drug-likeness (QED) is 0.405. The number of ether oxygens (including phenoxy) is 2. The van der Waals surface area contributed by atoms with E-state index in [1.165, 1.54) is 13.2 Å². The second kappa shape index (κ2) is 11.8. The summed E-state index contributed by atoms with van der Waals surface area (Å²) in [6, 6.07) is 8.15. The molecule has 1 unspecified atom stereocenters. The largest absolute Gasteiger partial charge is 0.497 e. The van der Waals surface area contributed by atoms with Crippen LogP contribution in [0.25, 0.3) is 17.0 Å². The fourth-order valence-corrected chi connectivity index (χ4v) is 4.59. The maximum absolute atomic E-state index is 14.7. The predicted molar refractivity (Wildman–Crippen MR) is 130 cm³/mol. The van der Waals surface area contributed by atoms with Crippen LogP contribution in [-0.2, 0) is 4.74 Å². The minimum atomic E-state index is -1.14. The molecule has 6 nitrogen and oxygen atoms in total. The molecule has 4 rings (SSSR count). The monoisotopic (exact) mass is 502 g/mol. The molecule has 0 saturated carbocycles. The summed E-state index contributed by atoms with van der Waals surface area (Å²) in [6.07, 6.45) is 3.58. The van der Waals surface area contributed by atoms with Crippen molar-refractivity contribution < 1.29 is 32.9 Å². The van der Waals surface area contributed by atoms with Crippen LogP contribution < -0.4 is 10.1 Å². The van der Waals surface area contributed by atoms with Crippen molar-refractivity contribution in [3.05, 3.63) is 77.2 Å². The highest BCUT2D eigenvalue weighted by Crippen LogP contribution is 2.33. The highest BCUT2D eigenvalue weighted by Gasteiger charge is 2.32. The molecule has 1 aliphatic rings. The minimum absolute atomic E-state index is 0.137. The van der Waals surface area contributed by atoms with Gasteiger partial charge in [0.25, 0.3) is 0 Å². The fraction of sp³-hybridized carbons (Fsp3) is 0.370. The lowest BCUT2D eigenvalue weighted by molar-refractivity contribution is -0.102. The van der Waals surface area contributed by atoms with Gasteiger partial charge < -0.3 is 25.0 Å². The molecule has 192 valence electrons. The molecule has 2 aromatic carbocycles. The number of aliphatic hydroxyl groups excluding tert-OH is 2. The van der Waals surface area contributed by atoms with Crippen LogP contribution in [0, 0.1) is 17.5 Å². The number of hydrogen-bond donors (Lipinski definition) is 3. The Morgan fingerprint density at radius 2 is 2.00 bits per heavy atom. The predicted octanol–water partition coefficient (Wildman–Crippen LogP) is 4.30. The standard InChI is InChI=1S/C27H29F3N2O4/c1-35-18-5-8-23-20(12-18)27(22(30)14-32-23)25(34)13-19-6-9-24(26(15-33)36-19)31-10-2-3-16-11-17(28)4-7-21(16)29/h2-5,7-8,11-12,14,19,24-26,31,33-34H,6,9-10,13,15H2,1H3/t19-,24+,25?,26+/m0/s1. The zero-order chi connectivity index (χ0) is 25.7. The number of aromatic nitrogens is 1. The van der Waals surface area contributed by atoms with Crippen molar-refractivity contribution in [2.45, 2.75) is 43.6 Å². The molecular formula is C27H29F3N2O4. The summed E-state index contributed by atoms with van der Waals surface area (Å²) in [5, 5.41) is 24.5. The van der Waals surface area contributed by atoms with Crippen LogP contribution in [0.15, 0.2) is 48.7 Å². The maximum Gasteiger partial charge on any atom is 0.147 e. The lowest BCUT2D eigenvalue weighted by Gasteiger charge is -2.37. The van der Waals surface area contributed by atoms with Crippen LogP contribution in [0.1, 0.15) is 36.5 Å². The lowest BCUT2D eigenvalue weighted by atomic mass is 9.92. The second-order valence-electron chi connectivity index (χ2n) is 8.79. The Hall–Kier alpha value is -2.98. The van der Waals surface area contributed by atoms with Crippen LogP contribution in [0.2, 0.25) is 0 Å². The highest BCUT2D eigenvalue weighted by molar-refractivity contribution is 5.84. The van der Waals surface area contributed by atoms with Crippen LogP contribution in [-0.4, -0.2) is 53.7 Å². The van der Waals surface area contributed by atoms with Crippen molar-refractivity contribution in [2.75, 3.05) is 20.3 Å². The molecule has 9 heteroatoms. The summed E-state index contributed by atoms with van der Waals surface area (Å²) in [4.78, 5) is 4.09. The van der Waals surface area contributed by atoms with Crippen molar-refractivity contribution in [1.82, 2.24) is 10.3 Å². The Kier molecular flexibility index (Phi) is 8.58. The summed E-state index contributed by atoms with van der Waals surface area (Å²) in [6.45, 7) is 0.125. The molecule has 1 fully saturated rings. The Morgan fingerprint density at radius 3 is 2.78 bits per heavy atom. The third-order valence-corrected chi connectivity index (χ3v) is 6.44. The van der Waals surface area contributed by atoms with Crippen molar-refractivity contribution in [3.63, 3.8) is 0 Å². The number of benzene rings is 2. The molecular weight excluding hydrogens is 473 g/mol. The van der Waals surface area contributed by atoms with Crippen LogP contribution in [0.5, 0.6) is 5.75 Å². The van der Waals surface area contributed by atoms with Gasteiger partial charge in [0, 0.05) is 35.5 Å². The molecule has 0 amide bonds. The first-order valence-corrected chi connectivity index (χ1v) is 11.8. The van der Waals surface area contributed by atoms with E-state index in [1.807, 2.05) is 0 Å². The molecule has 1 aliphatic heterocycles. The van der Waals surface area contributed by atoms with Gasteiger partial charge in [0.2, 0.25) is 0 Å². The van der Waals surface area contributed by atoms with Gasteiger partial charge in [-0.1, -0.05) is 12.2 Å². The van der Waals surface area contributed by atoms with E-state index < -0.39 is 29.7 Å². The van der Waals surface area contributed by atoms with Crippen LogP contribution in [0.4, 0.5) is 13.2 Å². The Morgan fingerprint density at radius 1 is 1.17 bits per heavy atom. The van der Waals surface area contributed by atoms with E-state index in [1.54, 1.807) is 24.3 Å². The summed E-state index contributed by atoms with van der Waals surface area (Å²) in [5.74, 6) is -1.11. The maximum atomic E-state index is 14.7. The number of hydrogen-bond acceptors (Lipinski definition) is 6. The molecule has 3 N–H and O–H groups in total. The Bertz CT molecular complexity index is 1220. The van der Waals surface area contributed by atoms with Gasteiger partial charge in [-0.05, 0) is 49.2 Å². The number of fused-ring (bicyclic) bond motifs is 1. The summed E-state index contributed by atoms with van der Waals surface area (Å²) in [7, 11) is 1.51. The lowest BCUT2D eigenvalue weighted by Crippen LogP contribution is -2.49. The topological polar surface area (TPSA) is 83.8 Å². The van der Waals surface area contributed by atoms with Crippen molar-refractivity contribution in [2.24, 2.45) is 0 Å². The number of rotatable bonds is 9.